The van der Waals surface area contributed by atoms with Crippen molar-refractivity contribution in [2.75, 3.05) is 39.4 Å². The number of nitrogens with zero attached hydrogens (tertiary/aromatic N) is 6. The minimum absolute atomic E-state index is 0.213. The first-order chi connectivity index (χ1) is 12.2. The van der Waals surface area contributed by atoms with Gasteiger partial charge in [0.2, 0.25) is 5.91 Å². The Morgan fingerprint density at radius 2 is 2.04 bits per heavy atom. The van der Waals surface area contributed by atoms with E-state index in [1.54, 1.807) is 0 Å². The fraction of sp³-hybridized carbons (Fsp3) is 0.882. The predicted octanol–water partition coefficient (Wildman–Crippen LogP) is 0.934. The summed E-state index contributed by atoms with van der Waals surface area (Å²) in [7, 11) is 0. The molecule has 2 saturated heterocycles. The molecule has 1 aromatic heterocycles. The average molecular weight is 350 g/mol. The molecule has 0 unspecified atom stereocenters. The molecule has 2 aliphatic rings. The van der Waals surface area contributed by atoms with E-state index in [1.165, 1.54) is 12.8 Å². The number of ether oxygens (including phenoxy) is 1. The van der Waals surface area contributed by atoms with Gasteiger partial charge in [-0.2, -0.15) is 0 Å². The van der Waals surface area contributed by atoms with E-state index in [2.05, 4.69) is 27.3 Å². The van der Waals surface area contributed by atoms with Crippen molar-refractivity contribution in [3.8, 4) is 0 Å². The number of aryl methyl sites for hydroxylation is 1. The lowest BCUT2D eigenvalue weighted by Crippen LogP contribution is -2.34. The van der Waals surface area contributed by atoms with Crippen LogP contribution in [0.1, 0.15) is 44.9 Å². The number of likely N-dealkylation sites (tertiary alicyclic amines) is 1. The van der Waals surface area contributed by atoms with Gasteiger partial charge in [0.1, 0.15) is 0 Å². The quantitative estimate of drug-likeness (QED) is 0.760. The number of piperidine rings is 1. The highest BCUT2D eigenvalue weighted by Crippen LogP contribution is 2.17. The highest BCUT2D eigenvalue weighted by Gasteiger charge is 2.19. The first-order valence-electron chi connectivity index (χ1n) is 9.55. The Bertz CT molecular complexity index is 533. The summed E-state index contributed by atoms with van der Waals surface area (Å²) < 4.78 is 7.26. The summed E-state index contributed by atoms with van der Waals surface area (Å²) in [5, 5.41) is 12.1. The Labute approximate surface area is 149 Å². The van der Waals surface area contributed by atoms with Gasteiger partial charge in [-0.05, 0) is 55.1 Å². The van der Waals surface area contributed by atoms with Crippen LogP contribution in [-0.2, 0) is 22.6 Å². The van der Waals surface area contributed by atoms with Crippen molar-refractivity contribution >= 4 is 5.91 Å². The van der Waals surface area contributed by atoms with Crippen molar-refractivity contribution in [3.05, 3.63) is 5.82 Å². The van der Waals surface area contributed by atoms with E-state index in [9.17, 15) is 4.79 Å². The summed E-state index contributed by atoms with van der Waals surface area (Å²) in [5.74, 6) is 1.94. The van der Waals surface area contributed by atoms with Crippen molar-refractivity contribution in [1.82, 2.24) is 30.0 Å². The Kier molecular flexibility index (Phi) is 6.75. The highest BCUT2D eigenvalue weighted by molar-refractivity contribution is 5.76. The van der Waals surface area contributed by atoms with Crippen LogP contribution in [0.4, 0.5) is 0 Å². The van der Waals surface area contributed by atoms with Crippen molar-refractivity contribution in [3.63, 3.8) is 0 Å². The zero-order chi connectivity index (χ0) is 17.5. The second kappa shape index (κ2) is 9.24. The molecule has 0 atom stereocenters. The minimum Gasteiger partial charge on any atom is -0.380 e. The maximum atomic E-state index is 12.3. The SMILES string of the molecule is CC1CCN(Cc2nnnn2CCCC(=O)N2CCCOCC2)CC1. The van der Waals surface area contributed by atoms with E-state index in [1.807, 2.05) is 9.58 Å². The molecule has 3 rings (SSSR count). The van der Waals surface area contributed by atoms with Crippen molar-refractivity contribution < 1.29 is 9.53 Å². The van der Waals surface area contributed by atoms with Gasteiger partial charge in [-0.1, -0.05) is 6.92 Å². The third-order valence-corrected chi connectivity index (χ3v) is 5.18. The van der Waals surface area contributed by atoms with Crippen molar-refractivity contribution in [2.45, 2.75) is 52.1 Å². The third kappa shape index (κ3) is 5.47. The molecule has 2 aliphatic heterocycles. The maximum absolute atomic E-state index is 12.3. The topological polar surface area (TPSA) is 76.4 Å². The molecule has 0 N–H and O–H groups in total. The van der Waals surface area contributed by atoms with Gasteiger partial charge in [0.25, 0.3) is 0 Å². The van der Waals surface area contributed by atoms with Crippen LogP contribution in [0, 0.1) is 5.92 Å². The largest absolute Gasteiger partial charge is 0.380 e. The molecule has 140 valence electrons. The lowest BCUT2D eigenvalue weighted by Gasteiger charge is -2.29. The molecule has 0 bridgehead atoms. The highest BCUT2D eigenvalue weighted by atomic mass is 16.5. The standard InChI is InChI=1S/C17H30N6O2/c1-15-5-9-21(10-6-15)14-16-18-19-20-23(16)8-2-4-17(24)22-7-3-12-25-13-11-22/h15H,2-14H2,1H3. The third-order valence-electron chi connectivity index (χ3n) is 5.18. The number of amides is 1. The summed E-state index contributed by atoms with van der Waals surface area (Å²) in [4.78, 5) is 16.7. The van der Waals surface area contributed by atoms with Gasteiger partial charge in [-0.15, -0.1) is 5.10 Å². The van der Waals surface area contributed by atoms with Crippen LogP contribution in [0.5, 0.6) is 0 Å². The zero-order valence-corrected chi connectivity index (χ0v) is 15.3. The molecule has 25 heavy (non-hydrogen) atoms. The van der Waals surface area contributed by atoms with E-state index in [0.717, 1.165) is 57.4 Å². The predicted molar refractivity (Wildman–Crippen MR) is 92.7 cm³/mol. The Hall–Kier alpha value is -1.54. The van der Waals surface area contributed by atoms with E-state index < -0.39 is 0 Å². The number of aromatic nitrogens is 4. The summed E-state index contributed by atoms with van der Waals surface area (Å²) in [6.45, 7) is 8.97. The second-order valence-corrected chi connectivity index (χ2v) is 7.23. The Morgan fingerprint density at radius 3 is 2.88 bits per heavy atom. The molecule has 3 heterocycles. The smallest absolute Gasteiger partial charge is 0.222 e. The normalized spacial score (nSPS) is 20.6. The van der Waals surface area contributed by atoms with Crippen LogP contribution in [0.15, 0.2) is 0 Å². The van der Waals surface area contributed by atoms with Crippen LogP contribution in [0.2, 0.25) is 0 Å². The van der Waals surface area contributed by atoms with E-state index in [4.69, 9.17) is 4.74 Å². The van der Waals surface area contributed by atoms with Gasteiger partial charge in [0.15, 0.2) is 5.82 Å². The first kappa shape index (κ1) is 18.3. The molecule has 2 fully saturated rings. The summed E-state index contributed by atoms with van der Waals surface area (Å²) in [6, 6.07) is 0. The van der Waals surface area contributed by atoms with Gasteiger partial charge < -0.3 is 9.64 Å². The number of rotatable bonds is 6. The minimum atomic E-state index is 0.213. The molecule has 0 saturated carbocycles. The van der Waals surface area contributed by atoms with Crippen LogP contribution in [0.3, 0.4) is 0 Å². The monoisotopic (exact) mass is 350 g/mol. The number of hydrogen-bond donors (Lipinski definition) is 0. The van der Waals surface area contributed by atoms with Gasteiger partial charge in [-0.25, -0.2) is 4.68 Å². The summed E-state index contributed by atoms with van der Waals surface area (Å²) >= 11 is 0. The molecule has 0 aliphatic carbocycles. The van der Waals surface area contributed by atoms with Gasteiger partial charge in [0.05, 0.1) is 13.2 Å². The Morgan fingerprint density at radius 1 is 1.20 bits per heavy atom. The molecular weight excluding hydrogens is 320 g/mol. The molecule has 1 amide bonds. The lowest BCUT2D eigenvalue weighted by molar-refractivity contribution is -0.131. The van der Waals surface area contributed by atoms with Crippen LogP contribution in [0.25, 0.3) is 0 Å². The number of carbonyl (C=O) groups is 1. The molecule has 0 radical (unpaired) electrons. The maximum Gasteiger partial charge on any atom is 0.222 e. The average Bonchev–Trinajstić information content (AvgIpc) is 2.87. The summed E-state index contributed by atoms with van der Waals surface area (Å²) in [6.07, 6.45) is 4.73. The van der Waals surface area contributed by atoms with Crippen molar-refractivity contribution in [1.29, 1.82) is 0 Å². The summed E-state index contributed by atoms with van der Waals surface area (Å²) in [5.41, 5.74) is 0. The number of carbonyl (C=O) groups excluding carboxylic acids is 1. The van der Waals surface area contributed by atoms with Crippen LogP contribution in [-0.4, -0.2) is 75.3 Å². The van der Waals surface area contributed by atoms with Crippen LogP contribution < -0.4 is 0 Å². The van der Waals surface area contributed by atoms with Gasteiger partial charge in [0, 0.05) is 32.7 Å². The van der Waals surface area contributed by atoms with E-state index in [-0.39, 0.29) is 5.91 Å². The zero-order valence-electron chi connectivity index (χ0n) is 15.3. The fourth-order valence-corrected chi connectivity index (χ4v) is 3.46. The molecular formula is C17H30N6O2. The first-order valence-corrected chi connectivity index (χ1v) is 9.55. The van der Waals surface area contributed by atoms with E-state index >= 15 is 0 Å². The fourth-order valence-electron chi connectivity index (χ4n) is 3.46. The molecule has 8 nitrogen and oxygen atoms in total. The number of hydrogen-bond acceptors (Lipinski definition) is 6. The van der Waals surface area contributed by atoms with Gasteiger partial charge >= 0.3 is 0 Å². The lowest BCUT2D eigenvalue weighted by atomic mass is 9.99. The molecule has 1 aromatic rings. The molecule has 0 aromatic carbocycles. The van der Waals surface area contributed by atoms with E-state index in [0.29, 0.717) is 26.1 Å². The molecule has 0 spiro atoms. The number of tetrazole rings is 1. The Balaban J connectivity index is 1.42. The van der Waals surface area contributed by atoms with Crippen molar-refractivity contribution in [2.24, 2.45) is 5.92 Å². The van der Waals surface area contributed by atoms with Crippen LogP contribution >= 0.6 is 0 Å². The van der Waals surface area contributed by atoms with Gasteiger partial charge in [-0.3, -0.25) is 9.69 Å². The molecule has 8 heteroatoms. The second-order valence-electron chi connectivity index (χ2n) is 7.23.